The zero-order chi connectivity index (χ0) is 37.4. The van der Waals surface area contributed by atoms with Crippen LogP contribution in [0.1, 0.15) is 65.5 Å². The molecule has 52 heavy (non-hydrogen) atoms. The number of aromatic nitrogens is 1. The summed E-state index contributed by atoms with van der Waals surface area (Å²) >= 11 is 0. The number of rotatable bonds is 13. The first-order valence-corrected chi connectivity index (χ1v) is 21.4. The van der Waals surface area contributed by atoms with Crippen molar-refractivity contribution in [3.05, 3.63) is 108 Å². The van der Waals surface area contributed by atoms with Crippen LogP contribution in [0.15, 0.2) is 97.1 Å². The number of benzene rings is 3. The van der Waals surface area contributed by atoms with Gasteiger partial charge in [0.15, 0.2) is 8.32 Å². The SMILES string of the molecule is CC(C)(C)OC(=O)N(CCO[Si](C)(C)C(C)(C)C)C1CCN(c2ccc(-c3ccc(OCc4ccccc4)nc3OCc3ccccc3)cc2)CC1. The molecule has 0 unspecified atom stereocenters. The minimum Gasteiger partial charge on any atom is -0.473 e. The normalized spacial score (nSPS) is 14.2. The van der Waals surface area contributed by atoms with Crippen molar-refractivity contribution in [2.24, 2.45) is 0 Å². The third kappa shape index (κ3) is 10.8. The summed E-state index contributed by atoms with van der Waals surface area (Å²) in [5.41, 5.74) is 4.65. The molecule has 0 atom stereocenters. The van der Waals surface area contributed by atoms with Crippen LogP contribution in [0.5, 0.6) is 11.8 Å². The lowest BCUT2D eigenvalue weighted by molar-refractivity contribution is 0.0102. The molecule has 0 saturated carbocycles. The van der Waals surface area contributed by atoms with Gasteiger partial charge in [-0.05, 0) is 86.6 Å². The number of hydrogen-bond acceptors (Lipinski definition) is 7. The number of carbonyl (C=O) groups is 1. The standard InChI is InChI=1S/C43H57N3O5Si/c1-42(2,3)51-41(47)46(29-30-50-52(7,8)43(4,5)6)37-25-27-45(28-26-37)36-21-19-35(20-22-36)38-23-24-39(48-31-33-15-11-9-12-16-33)44-40(38)49-32-34-17-13-10-14-18-34/h9-24,37H,25-32H2,1-8H3. The summed E-state index contributed by atoms with van der Waals surface area (Å²) in [7, 11) is -1.94. The lowest BCUT2D eigenvalue weighted by Crippen LogP contribution is -2.51. The van der Waals surface area contributed by atoms with E-state index in [-0.39, 0.29) is 17.2 Å². The van der Waals surface area contributed by atoms with Gasteiger partial charge in [0.25, 0.3) is 0 Å². The second kappa shape index (κ2) is 17.0. The second-order valence-corrected chi connectivity index (χ2v) is 20.9. The molecule has 0 N–H and O–H groups in total. The molecule has 5 rings (SSSR count). The minimum absolute atomic E-state index is 0.0893. The van der Waals surface area contributed by atoms with E-state index < -0.39 is 13.9 Å². The highest BCUT2D eigenvalue weighted by atomic mass is 28.4. The van der Waals surface area contributed by atoms with Crippen molar-refractivity contribution in [1.29, 1.82) is 0 Å². The summed E-state index contributed by atoms with van der Waals surface area (Å²) in [4.78, 5) is 22.5. The molecular formula is C43H57N3O5Si. The Kier molecular flexibility index (Phi) is 12.7. The lowest BCUT2D eigenvalue weighted by atomic mass is 10.0. The van der Waals surface area contributed by atoms with Gasteiger partial charge in [-0.15, -0.1) is 0 Å². The Morgan fingerprint density at radius 2 is 1.37 bits per heavy atom. The van der Waals surface area contributed by atoms with Gasteiger partial charge >= 0.3 is 6.09 Å². The predicted molar refractivity (Wildman–Crippen MR) is 213 cm³/mol. The van der Waals surface area contributed by atoms with Crippen molar-refractivity contribution in [2.75, 3.05) is 31.1 Å². The van der Waals surface area contributed by atoms with E-state index in [1.807, 2.05) is 98.5 Å². The van der Waals surface area contributed by atoms with Crippen molar-refractivity contribution < 1.29 is 23.4 Å². The third-order valence-electron chi connectivity index (χ3n) is 9.96. The molecule has 3 aromatic carbocycles. The summed E-state index contributed by atoms with van der Waals surface area (Å²) in [6, 6.07) is 32.8. The van der Waals surface area contributed by atoms with E-state index in [2.05, 4.69) is 63.0 Å². The Morgan fingerprint density at radius 1 is 0.788 bits per heavy atom. The van der Waals surface area contributed by atoms with Crippen molar-refractivity contribution >= 4 is 20.1 Å². The predicted octanol–water partition coefficient (Wildman–Crippen LogP) is 10.1. The van der Waals surface area contributed by atoms with Crippen LogP contribution in [-0.2, 0) is 22.4 Å². The van der Waals surface area contributed by atoms with E-state index in [0.717, 1.165) is 53.9 Å². The zero-order valence-electron chi connectivity index (χ0n) is 32.4. The molecule has 8 nitrogen and oxygen atoms in total. The number of pyridine rings is 1. The number of ether oxygens (including phenoxy) is 3. The van der Waals surface area contributed by atoms with Crippen LogP contribution in [0.4, 0.5) is 10.5 Å². The molecule has 1 saturated heterocycles. The summed E-state index contributed by atoms with van der Waals surface area (Å²) in [6.07, 6.45) is 1.45. The molecular weight excluding hydrogens is 667 g/mol. The van der Waals surface area contributed by atoms with Crippen LogP contribution < -0.4 is 14.4 Å². The van der Waals surface area contributed by atoms with Crippen LogP contribution in [0.3, 0.4) is 0 Å². The van der Waals surface area contributed by atoms with Gasteiger partial charge in [0.05, 0.1) is 6.61 Å². The largest absolute Gasteiger partial charge is 0.473 e. The molecule has 1 amide bonds. The Hall–Kier alpha value is -4.34. The Balaban J connectivity index is 1.26. The average molecular weight is 724 g/mol. The minimum atomic E-state index is -1.94. The van der Waals surface area contributed by atoms with E-state index >= 15 is 0 Å². The number of hydrogen-bond donors (Lipinski definition) is 0. The smallest absolute Gasteiger partial charge is 0.410 e. The Labute approximate surface area is 312 Å². The fourth-order valence-electron chi connectivity index (χ4n) is 5.94. The molecule has 2 heterocycles. The number of nitrogens with zero attached hydrogens (tertiary/aromatic N) is 3. The summed E-state index contributed by atoms with van der Waals surface area (Å²) in [5.74, 6) is 1.05. The van der Waals surface area contributed by atoms with Crippen LogP contribution >= 0.6 is 0 Å². The average Bonchev–Trinajstić information content (AvgIpc) is 3.11. The highest BCUT2D eigenvalue weighted by Gasteiger charge is 2.38. The van der Waals surface area contributed by atoms with Crippen LogP contribution in [0.2, 0.25) is 18.1 Å². The summed E-state index contributed by atoms with van der Waals surface area (Å²) in [5, 5.41) is 0.109. The molecule has 9 heteroatoms. The van der Waals surface area contributed by atoms with Crippen molar-refractivity contribution in [3.63, 3.8) is 0 Å². The first-order valence-electron chi connectivity index (χ1n) is 18.5. The quantitative estimate of drug-likeness (QED) is 0.127. The topological polar surface area (TPSA) is 73.4 Å². The molecule has 4 aromatic rings. The molecule has 278 valence electrons. The second-order valence-electron chi connectivity index (χ2n) is 16.1. The molecule has 1 aromatic heterocycles. The third-order valence-corrected chi connectivity index (χ3v) is 14.5. The summed E-state index contributed by atoms with van der Waals surface area (Å²) < 4.78 is 24.7. The molecule has 0 spiro atoms. The number of anilines is 1. The molecule has 1 aliphatic heterocycles. The van der Waals surface area contributed by atoms with E-state index in [9.17, 15) is 4.79 Å². The van der Waals surface area contributed by atoms with Gasteiger partial charge in [-0.1, -0.05) is 93.6 Å². The highest BCUT2D eigenvalue weighted by Crippen LogP contribution is 2.37. The molecule has 1 aliphatic rings. The number of carbonyl (C=O) groups excluding carboxylic acids is 1. The fraction of sp³-hybridized carbons (Fsp3) is 0.442. The fourth-order valence-corrected chi connectivity index (χ4v) is 6.97. The monoisotopic (exact) mass is 723 g/mol. The first-order chi connectivity index (χ1) is 24.7. The molecule has 0 radical (unpaired) electrons. The van der Waals surface area contributed by atoms with Gasteiger partial charge in [0.1, 0.15) is 18.8 Å². The molecule has 0 bridgehead atoms. The first kappa shape index (κ1) is 38.9. The van der Waals surface area contributed by atoms with Crippen LogP contribution in [-0.4, -0.2) is 62.2 Å². The Bertz CT molecular complexity index is 1710. The van der Waals surface area contributed by atoms with Gasteiger partial charge in [0, 0.05) is 43.0 Å². The van der Waals surface area contributed by atoms with Crippen molar-refractivity contribution in [1.82, 2.24) is 9.88 Å². The van der Waals surface area contributed by atoms with Gasteiger partial charge in [-0.3, -0.25) is 0 Å². The van der Waals surface area contributed by atoms with Gasteiger partial charge in [0.2, 0.25) is 11.8 Å². The summed E-state index contributed by atoms with van der Waals surface area (Å²) in [6.45, 7) is 20.5. The molecule has 1 fully saturated rings. The van der Waals surface area contributed by atoms with E-state index in [4.69, 9.17) is 23.6 Å². The molecule has 0 aliphatic carbocycles. The van der Waals surface area contributed by atoms with Gasteiger partial charge in [-0.25, -0.2) is 4.79 Å². The lowest BCUT2D eigenvalue weighted by Gasteiger charge is -2.41. The van der Waals surface area contributed by atoms with Crippen LogP contribution in [0, 0.1) is 0 Å². The van der Waals surface area contributed by atoms with E-state index in [0.29, 0.717) is 38.1 Å². The van der Waals surface area contributed by atoms with Crippen molar-refractivity contribution in [3.8, 4) is 22.9 Å². The van der Waals surface area contributed by atoms with E-state index in [1.165, 1.54) is 0 Å². The van der Waals surface area contributed by atoms with Crippen LogP contribution in [0.25, 0.3) is 11.1 Å². The number of piperidine rings is 1. The van der Waals surface area contributed by atoms with Gasteiger partial charge in [-0.2, -0.15) is 4.98 Å². The van der Waals surface area contributed by atoms with E-state index in [1.54, 1.807) is 0 Å². The highest BCUT2D eigenvalue weighted by molar-refractivity contribution is 6.74. The Morgan fingerprint density at radius 3 is 1.92 bits per heavy atom. The number of amides is 1. The van der Waals surface area contributed by atoms with Gasteiger partial charge < -0.3 is 28.4 Å². The zero-order valence-corrected chi connectivity index (χ0v) is 33.4. The maximum Gasteiger partial charge on any atom is 0.410 e. The maximum atomic E-state index is 13.4. The van der Waals surface area contributed by atoms with Crippen molar-refractivity contribution in [2.45, 2.75) is 97.4 Å². The maximum absolute atomic E-state index is 13.4.